The minimum Gasteiger partial charge on any atom is -0.493 e. The summed E-state index contributed by atoms with van der Waals surface area (Å²) in [6.45, 7) is 0.393. The van der Waals surface area contributed by atoms with Crippen molar-refractivity contribution in [2.75, 3.05) is 14.2 Å². The number of pyridine rings is 1. The summed E-state index contributed by atoms with van der Waals surface area (Å²) in [4.78, 5) is 17.4. The largest absolute Gasteiger partial charge is 0.493 e. The Hall–Kier alpha value is -3.02. The molecular weight excluding hydrogens is 330 g/mol. The normalized spacial score (nSPS) is 13.6. The topological polar surface area (TPSA) is 64.9 Å². The molecule has 1 aliphatic carbocycles. The number of amides is 1. The van der Waals surface area contributed by atoms with Gasteiger partial charge in [-0.15, -0.1) is 0 Å². The first-order valence-corrected chi connectivity index (χ1v) is 8.67. The molecular formula is C20H21N3O3. The third-order valence-electron chi connectivity index (χ3n) is 4.63. The summed E-state index contributed by atoms with van der Waals surface area (Å²) in [5.41, 5.74) is 2.26. The molecule has 0 radical (unpaired) electrons. The van der Waals surface area contributed by atoms with Crippen LogP contribution in [0, 0.1) is 0 Å². The van der Waals surface area contributed by atoms with E-state index in [0.717, 1.165) is 29.7 Å². The molecule has 0 aliphatic heterocycles. The number of rotatable bonds is 6. The van der Waals surface area contributed by atoms with Crippen molar-refractivity contribution in [2.45, 2.75) is 25.3 Å². The highest BCUT2D eigenvalue weighted by molar-refractivity contribution is 5.99. The zero-order valence-corrected chi connectivity index (χ0v) is 14.9. The van der Waals surface area contributed by atoms with Crippen LogP contribution in [0.4, 0.5) is 0 Å². The van der Waals surface area contributed by atoms with Crippen molar-refractivity contribution in [1.82, 2.24) is 14.7 Å². The molecule has 0 atom stereocenters. The lowest BCUT2D eigenvalue weighted by Gasteiger charge is -2.10. The van der Waals surface area contributed by atoms with Crippen LogP contribution in [0.5, 0.6) is 11.5 Å². The molecule has 0 spiro atoms. The van der Waals surface area contributed by atoms with Crippen molar-refractivity contribution < 1.29 is 14.3 Å². The van der Waals surface area contributed by atoms with Crippen molar-refractivity contribution >= 4 is 11.4 Å². The van der Waals surface area contributed by atoms with Crippen LogP contribution in [0.2, 0.25) is 0 Å². The highest BCUT2D eigenvalue weighted by Crippen LogP contribution is 2.40. The number of imidazole rings is 1. The summed E-state index contributed by atoms with van der Waals surface area (Å²) >= 11 is 0. The van der Waals surface area contributed by atoms with Crippen molar-refractivity contribution in [1.29, 1.82) is 0 Å². The van der Waals surface area contributed by atoms with Gasteiger partial charge in [0, 0.05) is 18.7 Å². The molecule has 134 valence electrons. The number of benzene rings is 1. The average Bonchev–Trinajstić information content (AvgIpc) is 3.46. The molecule has 1 aliphatic rings. The summed E-state index contributed by atoms with van der Waals surface area (Å²) < 4.78 is 12.6. The van der Waals surface area contributed by atoms with Gasteiger partial charge in [0.05, 0.1) is 19.7 Å². The van der Waals surface area contributed by atoms with E-state index in [-0.39, 0.29) is 5.91 Å². The maximum atomic E-state index is 12.7. The fraction of sp³-hybridized carbons (Fsp3) is 0.300. The van der Waals surface area contributed by atoms with E-state index in [9.17, 15) is 4.79 Å². The van der Waals surface area contributed by atoms with Crippen LogP contribution in [0.3, 0.4) is 0 Å². The van der Waals surface area contributed by atoms with Crippen molar-refractivity contribution in [2.24, 2.45) is 0 Å². The van der Waals surface area contributed by atoms with Crippen molar-refractivity contribution in [3.05, 3.63) is 59.7 Å². The molecule has 1 amide bonds. The second-order valence-corrected chi connectivity index (χ2v) is 6.42. The Morgan fingerprint density at radius 2 is 2.00 bits per heavy atom. The maximum absolute atomic E-state index is 12.7. The van der Waals surface area contributed by atoms with Crippen LogP contribution in [0.25, 0.3) is 5.52 Å². The van der Waals surface area contributed by atoms with Crippen LogP contribution in [0.1, 0.15) is 40.6 Å². The number of methoxy groups -OCH3 is 2. The summed E-state index contributed by atoms with van der Waals surface area (Å²) in [6, 6.07) is 11.4. The van der Waals surface area contributed by atoms with Crippen molar-refractivity contribution in [3.63, 3.8) is 0 Å². The van der Waals surface area contributed by atoms with Gasteiger partial charge in [-0.3, -0.25) is 4.79 Å². The SMILES string of the molecule is COc1ccc(CNC(=O)c2nc(C3CC3)n3ccccc23)cc1OC. The highest BCUT2D eigenvalue weighted by Gasteiger charge is 2.30. The van der Waals surface area contributed by atoms with Gasteiger partial charge in [0.25, 0.3) is 5.91 Å². The van der Waals surface area contributed by atoms with Crippen LogP contribution in [-0.2, 0) is 6.54 Å². The monoisotopic (exact) mass is 351 g/mol. The molecule has 1 fully saturated rings. The number of nitrogens with one attached hydrogen (secondary N) is 1. The summed E-state index contributed by atoms with van der Waals surface area (Å²) in [5, 5.41) is 2.96. The molecule has 4 rings (SSSR count). The average molecular weight is 351 g/mol. The molecule has 6 heteroatoms. The fourth-order valence-corrected chi connectivity index (χ4v) is 3.11. The molecule has 3 aromatic rings. The van der Waals surface area contributed by atoms with Gasteiger partial charge in [0.15, 0.2) is 17.2 Å². The maximum Gasteiger partial charge on any atom is 0.272 e. The molecule has 1 N–H and O–H groups in total. The van der Waals surface area contributed by atoms with E-state index in [1.807, 2.05) is 47.0 Å². The van der Waals surface area contributed by atoms with Gasteiger partial charge in [-0.25, -0.2) is 4.98 Å². The lowest BCUT2D eigenvalue weighted by molar-refractivity contribution is 0.0948. The third-order valence-corrected chi connectivity index (χ3v) is 4.63. The number of fused-ring (bicyclic) bond motifs is 1. The van der Waals surface area contributed by atoms with Gasteiger partial charge < -0.3 is 19.2 Å². The van der Waals surface area contributed by atoms with E-state index < -0.39 is 0 Å². The summed E-state index contributed by atoms with van der Waals surface area (Å²) in [7, 11) is 3.19. The number of hydrogen-bond donors (Lipinski definition) is 1. The fourth-order valence-electron chi connectivity index (χ4n) is 3.11. The van der Waals surface area contributed by atoms with E-state index in [2.05, 4.69) is 10.3 Å². The summed E-state index contributed by atoms with van der Waals surface area (Å²) in [5.74, 6) is 2.59. The Morgan fingerprint density at radius 1 is 1.19 bits per heavy atom. The second-order valence-electron chi connectivity index (χ2n) is 6.42. The molecule has 0 unspecified atom stereocenters. The minimum atomic E-state index is -0.171. The molecule has 1 saturated carbocycles. The Morgan fingerprint density at radius 3 is 2.73 bits per heavy atom. The van der Waals surface area contributed by atoms with E-state index >= 15 is 0 Å². The standard InChI is InChI=1S/C20H21N3O3/c1-25-16-9-6-13(11-17(16)26-2)12-21-20(24)18-15-5-3-4-10-23(15)19(22-18)14-7-8-14/h3-6,9-11,14H,7-8,12H2,1-2H3,(H,21,24). The predicted molar refractivity (Wildman–Crippen MR) is 97.9 cm³/mol. The number of carbonyl (C=O) groups excluding carboxylic acids is 1. The van der Waals surface area contributed by atoms with Crippen LogP contribution in [0.15, 0.2) is 42.6 Å². The Bertz CT molecular complexity index is 960. The lowest BCUT2D eigenvalue weighted by atomic mass is 10.2. The molecule has 26 heavy (non-hydrogen) atoms. The minimum absolute atomic E-state index is 0.171. The number of ether oxygens (including phenoxy) is 2. The van der Waals surface area contributed by atoms with Gasteiger partial charge in [0.2, 0.25) is 0 Å². The number of aromatic nitrogens is 2. The third kappa shape index (κ3) is 2.98. The van der Waals surface area contributed by atoms with Gasteiger partial charge >= 0.3 is 0 Å². The molecule has 0 saturated heterocycles. The zero-order chi connectivity index (χ0) is 18.1. The van der Waals surface area contributed by atoms with E-state index in [4.69, 9.17) is 9.47 Å². The van der Waals surface area contributed by atoms with E-state index in [1.165, 1.54) is 0 Å². The lowest BCUT2D eigenvalue weighted by Crippen LogP contribution is -2.23. The van der Waals surface area contributed by atoms with Gasteiger partial charge in [-0.1, -0.05) is 12.1 Å². The van der Waals surface area contributed by atoms with Crippen LogP contribution < -0.4 is 14.8 Å². The molecule has 1 aromatic carbocycles. The number of carbonyl (C=O) groups is 1. The molecule has 6 nitrogen and oxygen atoms in total. The number of hydrogen-bond acceptors (Lipinski definition) is 4. The second kappa shape index (κ2) is 6.71. The quantitative estimate of drug-likeness (QED) is 0.741. The van der Waals surface area contributed by atoms with Crippen LogP contribution >= 0.6 is 0 Å². The number of nitrogens with zero attached hydrogens (tertiary/aromatic N) is 2. The summed E-state index contributed by atoms with van der Waals surface area (Å²) in [6.07, 6.45) is 4.25. The first-order chi connectivity index (χ1) is 12.7. The molecule has 2 heterocycles. The first kappa shape index (κ1) is 16.4. The van der Waals surface area contributed by atoms with Gasteiger partial charge in [0.1, 0.15) is 5.82 Å². The van der Waals surface area contributed by atoms with Gasteiger partial charge in [-0.2, -0.15) is 0 Å². The van der Waals surface area contributed by atoms with E-state index in [1.54, 1.807) is 14.2 Å². The molecule has 2 aromatic heterocycles. The smallest absolute Gasteiger partial charge is 0.272 e. The Balaban J connectivity index is 1.55. The predicted octanol–water partition coefficient (Wildman–Crippen LogP) is 3.16. The van der Waals surface area contributed by atoms with Crippen molar-refractivity contribution in [3.8, 4) is 11.5 Å². The van der Waals surface area contributed by atoms with Gasteiger partial charge in [-0.05, 0) is 42.7 Å². The zero-order valence-electron chi connectivity index (χ0n) is 14.9. The highest BCUT2D eigenvalue weighted by atomic mass is 16.5. The van der Waals surface area contributed by atoms with E-state index in [0.29, 0.717) is 29.7 Å². The molecule has 0 bridgehead atoms. The van der Waals surface area contributed by atoms with Crippen LogP contribution in [-0.4, -0.2) is 29.5 Å². The first-order valence-electron chi connectivity index (χ1n) is 8.67. The Kier molecular flexibility index (Phi) is 4.24. The Labute approximate surface area is 151 Å².